The molecule has 5 nitrogen and oxygen atoms in total. The average molecular weight is 339 g/mol. The van der Waals surface area contributed by atoms with Gasteiger partial charge in [0.2, 0.25) is 18.0 Å². The smallest absolute Gasteiger partial charge is 0.244 e. The molecule has 2 aromatic rings. The van der Waals surface area contributed by atoms with Crippen LogP contribution in [0.4, 0.5) is 0 Å². The fraction of sp³-hybridized carbons (Fsp3) is 0.200. The number of carbonyl (C=O) groups is 1. The van der Waals surface area contributed by atoms with Crippen molar-refractivity contribution in [2.24, 2.45) is 5.10 Å². The molecule has 0 spiro atoms. The summed E-state index contributed by atoms with van der Waals surface area (Å²) < 4.78 is 11.1. The van der Waals surface area contributed by atoms with E-state index in [1.807, 2.05) is 0 Å². The molecule has 0 N–H and O–H groups in total. The Morgan fingerprint density at radius 1 is 1.32 bits per heavy atom. The lowest BCUT2D eigenvalue weighted by Crippen LogP contribution is -2.25. The molecule has 1 amide bonds. The number of ether oxygens (including phenoxy) is 1. The number of hydrogen-bond acceptors (Lipinski definition) is 4. The highest BCUT2D eigenvalue weighted by Crippen LogP contribution is 2.35. The first kappa shape index (κ1) is 14.9. The van der Waals surface area contributed by atoms with Gasteiger partial charge in [-0.1, -0.05) is 29.3 Å². The number of rotatable bonds is 2. The molecule has 3 rings (SSSR count). The highest BCUT2D eigenvalue weighted by molar-refractivity contribution is 6.35. The fourth-order valence-electron chi connectivity index (χ4n) is 2.19. The van der Waals surface area contributed by atoms with E-state index in [9.17, 15) is 4.79 Å². The summed E-state index contributed by atoms with van der Waals surface area (Å²) in [6.45, 7) is 3.21. The second-order valence-electron chi connectivity index (χ2n) is 4.80. The number of benzene rings is 1. The Labute approximate surface area is 137 Å². The highest BCUT2D eigenvalue weighted by atomic mass is 35.5. The van der Waals surface area contributed by atoms with Crippen molar-refractivity contribution in [2.45, 2.75) is 20.1 Å². The Hall–Kier alpha value is -1.98. The summed E-state index contributed by atoms with van der Waals surface area (Å²) in [5, 5.41) is 6.40. The molecule has 0 saturated carbocycles. The van der Waals surface area contributed by atoms with Crippen LogP contribution in [0.3, 0.4) is 0 Å². The van der Waals surface area contributed by atoms with Crippen LogP contribution >= 0.6 is 23.2 Å². The molecule has 7 heteroatoms. The van der Waals surface area contributed by atoms with Gasteiger partial charge >= 0.3 is 0 Å². The van der Waals surface area contributed by atoms with Crippen molar-refractivity contribution in [1.29, 1.82) is 0 Å². The SMILES string of the molecule is CC(=O)N1N=C(c2ccoc2C)OC1c1ccc(Cl)cc1Cl. The van der Waals surface area contributed by atoms with E-state index in [4.69, 9.17) is 32.4 Å². The monoisotopic (exact) mass is 338 g/mol. The summed E-state index contributed by atoms with van der Waals surface area (Å²) in [7, 11) is 0. The molecule has 0 radical (unpaired) electrons. The fourth-order valence-corrected chi connectivity index (χ4v) is 2.69. The number of hydrazone groups is 1. The van der Waals surface area contributed by atoms with Crippen LogP contribution in [0.5, 0.6) is 0 Å². The van der Waals surface area contributed by atoms with Crippen molar-refractivity contribution in [2.75, 3.05) is 0 Å². The molecular formula is C15H12Cl2N2O3. The Morgan fingerprint density at radius 3 is 2.68 bits per heavy atom. The van der Waals surface area contributed by atoms with Gasteiger partial charge in [0.05, 0.1) is 16.8 Å². The van der Waals surface area contributed by atoms with Crippen LogP contribution in [0.15, 0.2) is 40.0 Å². The van der Waals surface area contributed by atoms with Crippen LogP contribution in [0, 0.1) is 6.92 Å². The van der Waals surface area contributed by atoms with Crippen molar-refractivity contribution in [3.05, 3.63) is 57.5 Å². The van der Waals surface area contributed by atoms with Gasteiger partial charge in [-0.25, -0.2) is 0 Å². The Bertz CT molecular complexity index is 770. The molecule has 1 aliphatic heterocycles. The Morgan fingerprint density at radius 2 is 2.09 bits per heavy atom. The van der Waals surface area contributed by atoms with Crippen molar-refractivity contribution in [1.82, 2.24) is 5.01 Å². The zero-order valence-corrected chi connectivity index (χ0v) is 13.4. The normalized spacial score (nSPS) is 17.4. The van der Waals surface area contributed by atoms with Crippen LogP contribution in [-0.4, -0.2) is 16.8 Å². The molecule has 1 aliphatic rings. The largest absolute Gasteiger partial charge is 0.469 e. The molecule has 0 bridgehead atoms. The third-order valence-corrected chi connectivity index (χ3v) is 3.85. The lowest BCUT2D eigenvalue weighted by molar-refractivity contribution is -0.135. The zero-order valence-electron chi connectivity index (χ0n) is 11.8. The summed E-state index contributed by atoms with van der Waals surface area (Å²) in [5.74, 6) is 0.717. The quantitative estimate of drug-likeness (QED) is 0.826. The Kier molecular flexibility index (Phi) is 3.85. The van der Waals surface area contributed by atoms with Gasteiger partial charge in [-0.15, -0.1) is 5.10 Å². The second kappa shape index (κ2) is 5.66. The molecule has 1 aromatic heterocycles. The van der Waals surface area contributed by atoms with E-state index in [0.717, 1.165) is 0 Å². The zero-order chi connectivity index (χ0) is 15.9. The maximum atomic E-state index is 11.9. The van der Waals surface area contributed by atoms with Gasteiger partial charge in [-0.05, 0) is 25.1 Å². The highest BCUT2D eigenvalue weighted by Gasteiger charge is 2.35. The molecule has 114 valence electrons. The predicted octanol–water partition coefficient (Wildman–Crippen LogP) is 4.13. The maximum Gasteiger partial charge on any atom is 0.244 e. The molecule has 0 fully saturated rings. The first-order valence-corrected chi connectivity index (χ1v) is 7.27. The number of amides is 1. The van der Waals surface area contributed by atoms with Gasteiger partial charge in [0.25, 0.3) is 0 Å². The minimum absolute atomic E-state index is 0.257. The summed E-state index contributed by atoms with van der Waals surface area (Å²) in [6.07, 6.45) is 0.809. The molecule has 22 heavy (non-hydrogen) atoms. The number of halogens is 2. The molecule has 1 aromatic carbocycles. The van der Waals surface area contributed by atoms with Crippen LogP contribution in [-0.2, 0) is 9.53 Å². The minimum atomic E-state index is -0.730. The first-order valence-electron chi connectivity index (χ1n) is 6.52. The summed E-state index contributed by atoms with van der Waals surface area (Å²) >= 11 is 12.1. The van der Waals surface area contributed by atoms with E-state index in [1.165, 1.54) is 18.2 Å². The lowest BCUT2D eigenvalue weighted by Gasteiger charge is -2.20. The van der Waals surface area contributed by atoms with E-state index in [0.29, 0.717) is 32.8 Å². The van der Waals surface area contributed by atoms with Crippen molar-refractivity contribution in [3.8, 4) is 0 Å². The van der Waals surface area contributed by atoms with Crippen LogP contribution in [0.2, 0.25) is 10.0 Å². The Balaban J connectivity index is 2.00. The van der Waals surface area contributed by atoms with E-state index >= 15 is 0 Å². The molecule has 0 saturated heterocycles. The number of hydrogen-bond donors (Lipinski definition) is 0. The third-order valence-electron chi connectivity index (χ3n) is 3.28. The summed E-state index contributed by atoms with van der Waals surface area (Å²) in [4.78, 5) is 11.9. The third kappa shape index (κ3) is 2.58. The minimum Gasteiger partial charge on any atom is -0.469 e. The second-order valence-corrected chi connectivity index (χ2v) is 5.64. The summed E-state index contributed by atoms with van der Waals surface area (Å²) in [6, 6.07) is 6.73. The van der Waals surface area contributed by atoms with E-state index in [1.54, 1.807) is 31.2 Å². The van der Waals surface area contributed by atoms with Gasteiger partial charge in [0, 0.05) is 17.5 Å². The number of aryl methyl sites for hydroxylation is 1. The van der Waals surface area contributed by atoms with Gasteiger partial charge < -0.3 is 9.15 Å². The number of nitrogens with zero attached hydrogens (tertiary/aromatic N) is 2. The van der Waals surface area contributed by atoms with Crippen LogP contribution in [0.1, 0.15) is 30.0 Å². The molecular weight excluding hydrogens is 327 g/mol. The van der Waals surface area contributed by atoms with Crippen LogP contribution < -0.4 is 0 Å². The first-order chi connectivity index (χ1) is 10.5. The van der Waals surface area contributed by atoms with Crippen molar-refractivity contribution in [3.63, 3.8) is 0 Å². The van der Waals surface area contributed by atoms with Gasteiger partial charge in [-0.2, -0.15) is 5.01 Å². The van der Waals surface area contributed by atoms with Gasteiger partial charge in [0.1, 0.15) is 5.76 Å². The van der Waals surface area contributed by atoms with Gasteiger partial charge in [0.15, 0.2) is 0 Å². The average Bonchev–Trinajstić information content (AvgIpc) is 3.04. The predicted molar refractivity (Wildman–Crippen MR) is 82.8 cm³/mol. The lowest BCUT2D eigenvalue weighted by atomic mass is 10.2. The maximum absolute atomic E-state index is 11.9. The van der Waals surface area contributed by atoms with Crippen molar-refractivity contribution >= 4 is 35.0 Å². The molecule has 1 atom stereocenters. The van der Waals surface area contributed by atoms with Crippen LogP contribution in [0.25, 0.3) is 0 Å². The van der Waals surface area contributed by atoms with E-state index in [2.05, 4.69) is 5.10 Å². The van der Waals surface area contributed by atoms with Gasteiger partial charge in [-0.3, -0.25) is 4.79 Å². The molecule has 2 heterocycles. The topological polar surface area (TPSA) is 55.0 Å². The number of carbonyl (C=O) groups excluding carboxylic acids is 1. The standard InChI is InChI=1S/C15H12Cl2N2O3/c1-8-11(5-6-21-8)14-18-19(9(2)20)15(22-14)12-4-3-10(16)7-13(12)17/h3-7,15H,1-2H3. The van der Waals surface area contributed by atoms with E-state index < -0.39 is 6.23 Å². The molecule has 1 unspecified atom stereocenters. The number of furan rings is 1. The van der Waals surface area contributed by atoms with Crippen molar-refractivity contribution < 1.29 is 13.9 Å². The summed E-state index contributed by atoms with van der Waals surface area (Å²) in [5.41, 5.74) is 1.31. The van der Waals surface area contributed by atoms with E-state index in [-0.39, 0.29) is 5.91 Å². The molecule has 0 aliphatic carbocycles.